The molecular weight excluding hydrogens is 85.0 g/mol. The zero-order valence-electron chi connectivity index (χ0n) is 3.51. The normalized spacial score (nSPS) is 13.7. The SMILES string of the molecule is [13CH3][13C@@H](N)[13C](=O)O. The van der Waals surface area contributed by atoms with E-state index in [1.54, 1.807) is 0 Å². The van der Waals surface area contributed by atoms with Crippen molar-refractivity contribution in [2.45, 2.75) is 13.0 Å². The first-order chi connectivity index (χ1) is 2.64. The lowest BCUT2D eigenvalue weighted by Crippen LogP contribution is -2.25. The van der Waals surface area contributed by atoms with Crippen molar-refractivity contribution in [3.8, 4) is 0 Å². The molecule has 0 aliphatic heterocycles. The Balaban J connectivity index is 3.26. The van der Waals surface area contributed by atoms with E-state index >= 15 is 0 Å². The Hall–Kier alpha value is -0.570. The van der Waals surface area contributed by atoms with Gasteiger partial charge < -0.3 is 10.8 Å². The minimum atomic E-state index is -0.963. The van der Waals surface area contributed by atoms with Crippen LogP contribution in [0.3, 0.4) is 0 Å². The lowest BCUT2D eigenvalue weighted by atomic mass is 11.3. The molecule has 36 valence electrons. The first-order valence-corrected chi connectivity index (χ1v) is 1.63. The Bertz CT molecular complexity index is 59.8. The molecule has 0 aromatic heterocycles. The maximum Gasteiger partial charge on any atom is 0.320 e. The van der Waals surface area contributed by atoms with Crippen LogP contribution < -0.4 is 5.73 Å². The summed E-state index contributed by atoms with van der Waals surface area (Å²) in [5.74, 6) is -0.963. The fraction of sp³-hybridized carbons (Fsp3) is 0.667. The van der Waals surface area contributed by atoms with Gasteiger partial charge in [0.2, 0.25) is 0 Å². The van der Waals surface area contributed by atoms with Crippen LogP contribution in [-0.4, -0.2) is 17.1 Å². The Labute approximate surface area is 35.8 Å². The largest absolute Gasteiger partial charge is 0.480 e. The molecule has 0 saturated carbocycles. The molecule has 0 aromatic rings. The highest BCUT2D eigenvalue weighted by atomic mass is 16.5. The Morgan fingerprint density at radius 1 is 2.00 bits per heavy atom. The van der Waals surface area contributed by atoms with Crippen molar-refractivity contribution in [2.24, 2.45) is 5.73 Å². The van der Waals surface area contributed by atoms with Gasteiger partial charge in [-0.15, -0.1) is 0 Å². The summed E-state index contributed by atoms with van der Waals surface area (Å²) in [5.41, 5.74) is 4.84. The van der Waals surface area contributed by atoms with E-state index in [4.69, 9.17) is 10.8 Å². The van der Waals surface area contributed by atoms with Gasteiger partial charge in [-0.1, -0.05) is 0 Å². The Morgan fingerprint density at radius 2 is 2.17 bits per heavy atom. The van der Waals surface area contributed by atoms with Crippen molar-refractivity contribution < 1.29 is 9.90 Å². The third-order valence-electron chi connectivity index (χ3n) is 0.390. The summed E-state index contributed by atoms with van der Waals surface area (Å²) >= 11 is 0. The van der Waals surface area contributed by atoms with Gasteiger partial charge in [-0.05, 0) is 6.92 Å². The Kier molecular flexibility index (Phi) is 1.60. The highest BCUT2D eigenvalue weighted by Crippen LogP contribution is 1.68. The lowest BCUT2D eigenvalue weighted by molar-refractivity contribution is -0.138. The summed E-state index contributed by atoms with van der Waals surface area (Å²) in [6, 6.07) is -0.731. The van der Waals surface area contributed by atoms with E-state index in [1.807, 2.05) is 0 Å². The number of carbonyl (C=O) groups is 1. The van der Waals surface area contributed by atoms with E-state index in [9.17, 15) is 4.79 Å². The Morgan fingerprint density at radius 3 is 2.17 bits per heavy atom. The number of carboxylic acids is 1. The summed E-state index contributed by atoms with van der Waals surface area (Å²) in [7, 11) is 0. The maximum atomic E-state index is 9.57. The zero-order chi connectivity index (χ0) is 5.15. The van der Waals surface area contributed by atoms with Crippen LogP contribution in [0.25, 0.3) is 0 Å². The zero-order valence-corrected chi connectivity index (χ0v) is 3.51. The van der Waals surface area contributed by atoms with Gasteiger partial charge in [0, 0.05) is 0 Å². The van der Waals surface area contributed by atoms with Crippen LogP contribution in [0.15, 0.2) is 0 Å². The third kappa shape index (κ3) is 1.72. The quantitative estimate of drug-likeness (QED) is 0.425. The van der Waals surface area contributed by atoms with Gasteiger partial charge in [0.25, 0.3) is 0 Å². The maximum absolute atomic E-state index is 9.57. The number of nitrogens with two attached hydrogens (primary N) is 1. The van der Waals surface area contributed by atoms with Crippen LogP contribution in [0.4, 0.5) is 0 Å². The molecule has 0 aliphatic rings. The second kappa shape index (κ2) is 1.77. The summed E-state index contributed by atoms with van der Waals surface area (Å²) in [5, 5.41) is 7.87. The van der Waals surface area contributed by atoms with Crippen molar-refractivity contribution in [2.75, 3.05) is 0 Å². The lowest BCUT2D eigenvalue weighted by Gasteiger charge is -1.90. The minimum absolute atomic E-state index is 0.731. The highest BCUT2D eigenvalue weighted by Gasteiger charge is 1.99. The second-order valence-corrected chi connectivity index (χ2v) is 1.13. The molecule has 0 radical (unpaired) electrons. The van der Waals surface area contributed by atoms with Crippen LogP contribution >= 0.6 is 0 Å². The van der Waals surface area contributed by atoms with E-state index in [0.717, 1.165) is 0 Å². The average Bonchev–Trinajstić information content (AvgIpc) is 1.36. The molecule has 1 atom stereocenters. The van der Waals surface area contributed by atoms with E-state index < -0.39 is 12.0 Å². The molecule has 6 heavy (non-hydrogen) atoms. The average molecular weight is 92.1 g/mol. The van der Waals surface area contributed by atoms with Crippen molar-refractivity contribution >= 4 is 5.97 Å². The molecule has 0 fully saturated rings. The smallest absolute Gasteiger partial charge is 0.320 e. The molecule has 3 N–H and O–H groups in total. The molecule has 0 bridgehead atoms. The molecule has 3 nitrogen and oxygen atoms in total. The van der Waals surface area contributed by atoms with E-state index in [0.29, 0.717) is 0 Å². The summed E-state index contributed by atoms with van der Waals surface area (Å²) < 4.78 is 0. The third-order valence-corrected chi connectivity index (χ3v) is 0.390. The monoisotopic (exact) mass is 92.1 g/mol. The molecule has 0 heterocycles. The minimum Gasteiger partial charge on any atom is -0.480 e. The molecule has 0 rings (SSSR count). The fourth-order valence-corrected chi connectivity index (χ4v) is 0. The van der Waals surface area contributed by atoms with Gasteiger partial charge in [0.1, 0.15) is 6.04 Å². The first-order valence-electron chi connectivity index (χ1n) is 1.63. The predicted molar refractivity (Wildman–Crippen MR) is 21.3 cm³/mol. The standard InChI is InChI=1S/C3H7NO2/c1-2(4)3(5)6/h2H,4H2,1H3,(H,5,6)/t2-/m1/s1/i1+1,2+1,3+1. The molecule has 0 saturated heterocycles. The number of hydrogen-bond donors (Lipinski definition) is 2. The van der Waals surface area contributed by atoms with E-state index in [-0.39, 0.29) is 0 Å². The number of carboxylic acid groups (broad SMARTS) is 1. The van der Waals surface area contributed by atoms with Crippen LogP contribution in [0, 0.1) is 0 Å². The van der Waals surface area contributed by atoms with Gasteiger partial charge in [-0.2, -0.15) is 0 Å². The molecule has 0 unspecified atom stereocenters. The van der Waals surface area contributed by atoms with Gasteiger partial charge in [-0.3, -0.25) is 4.79 Å². The first kappa shape index (κ1) is 5.43. The molecule has 0 spiro atoms. The van der Waals surface area contributed by atoms with Crippen LogP contribution in [0.1, 0.15) is 6.92 Å². The van der Waals surface area contributed by atoms with Crippen molar-refractivity contribution in [3.63, 3.8) is 0 Å². The van der Waals surface area contributed by atoms with Gasteiger partial charge in [0.15, 0.2) is 0 Å². The topological polar surface area (TPSA) is 63.3 Å². The fourth-order valence-electron chi connectivity index (χ4n) is 0. The summed E-state index contributed by atoms with van der Waals surface area (Å²) in [6.07, 6.45) is 0. The van der Waals surface area contributed by atoms with Crippen LogP contribution in [-0.2, 0) is 4.79 Å². The van der Waals surface area contributed by atoms with Gasteiger partial charge in [-0.25, -0.2) is 0 Å². The number of aliphatic carboxylic acids is 1. The molecule has 0 aromatic carbocycles. The van der Waals surface area contributed by atoms with Crippen LogP contribution in [0.5, 0.6) is 0 Å². The summed E-state index contributed by atoms with van der Waals surface area (Å²) in [6.45, 7) is 1.42. The van der Waals surface area contributed by atoms with Crippen molar-refractivity contribution in [3.05, 3.63) is 0 Å². The molecule has 0 amide bonds. The predicted octanol–water partition coefficient (Wildman–Crippen LogP) is -0.582. The molecular formula is C3H7NO2. The number of hydrogen-bond acceptors (Lipinski definition) is 2. The number of rotatable bonds is 1. The van der Waals surface area contributed by atoms with Gasteiger partial charge in [0.05, 0.1) is 0 Å². The van der Waals surface area contributed by atoms with Crippen molar-refractivity contribution in [1.82, 2.24) is 0 Å². The molecule has 0 aliphatic carbocycles. The molecule has 3 heteroatoms. The van der Waals surface area contributed by atoms with Crippen LogP contribution in [0.2, 0.25) is 0 Å². The van der Waals surface area contributed by atoms with Gasteiger partial charge >= 0.3 is 5.97 Å². The van der Waals surface area contributed by atoms with Crippen molar-refractivity contribution in [1.29, 1.82) is 0 Å². The highest BCUT2D eigenvalue weighted by molar-refractivity contribution is 5.72. The van der Waals surface area contributed by atoms with E-state index in [1.165, 1.54) is 6.92 Å². The van der Waals surface area contributed by atoms with E-state index in [2.05, 4.69) is 0 Å². The second-order valence-electron chi connectivity index (χ2n) is 1.13. The summed E-state index contributed by atoms with van der Waals surface area (Å²) in [4.78, 5) is 9.57.